The smallest absolute Gasteiger partial charge is 0.223 e. The Bertz CT molecular complexity index is 2850. The molecule has 4 amide bonds. The molecule has 33 heteroatoms. The van der Waals surface area contributed by atoms with Crippen molar-refractivity contribution in [1.29, 1.82) is 0 Å². The molecule has 0 aliphatic heterocycles. The summed E-state index contributed by atoms with van der Waals surface area (Å²) in [5.41, 5.74) is 0. The molecule has 16 N–H and O–H groups in total. The first-order valence-electron chi connectivity index (χ1n) is 55.4. The number of ether oxygens (including phenoxy) is 9. The molecule has 0 aliphatic rings. The maximum Gasteiger partial charge on any atom is 0.223 e. The standard InChI is InChI=1S/C23H44N2O10.C22H44N2O9.C15H28O3.C13H27NO2.C12H26O.C10H22O.C9H20O.C8H19N/c1-14(2)25-23(33)16(11-17(27)7-8-34-9-10-35-15(3)4)5-6-20(30)24-12-18(28)21(31)22(32)19(29)13-26;1-14(2)11-16(22(31)23-7-8-32-9-10-33-15(3)4)5-6-19(28)24-12-17(26)20(29)21(30)18(27)13-25;1-12(2)9-11-18-10-5-6-14(16)7-8-15(17)13(3)4;1-11(2)7-9-14-8-5-6-13(15)10-16-12(3)4;1-11(2)7-5-9-13-10-6-8-12(3)4;1-9(2)6-5-7-11-8-10(3)4;1-8(2)5-6-10-7-9(3)4;1-7(2)5-6-9-8(3)4/h14-16,18-19,21-22,26,28-29,31-32H,5-13H2,1-4H3,(H,24,30)(H,25,33);14-18,20-21,25-27,29-30H,5-13H2,1-4H3,(H,23,31)(H,24,28);12-13H,5-11H2,1-4H3;11-12,14H,5-10H2,1-4H3;11-12H,5-10H2,1-4H3;9-10H,5-8H2,1-4H3;8-9H,5-7H2,1-4H3;7-9H,5-6H2,1-4H3. The molecule has 0 saturated heterocycles. The van der Waals surface area contributed by atoms with Gasteiger partial charge in [0.15, 0.2) is 5.78 Å². The first-order chi connectivity index (χ1) is 67.8. The third kappa shape index (κ3) is 125. The monoisotopic (exact) mass is 2090 g/mol. The summed E-state index contributed by atoms with van der Waals surface area (Å²) in [5.74, 6) is 4.95. The van der Waals surface area contributed by atoms with Gasteiger partial charge < -0.3 is 126 Å². The second-order valence-electron chi connectivity index (χ2n) is 43.9. The molecule has 145 heavy (non-hydrogen) atoms. The molecular formula is C112H230N6O27. The van der Waals surface area contributed by atoms with Crippen molar-refractivity contribution in [3.05, 3.63) is 0 Å². The summed E-state index contributed by atoms with van der Waals surface area (Å²) in [6.07, 6.45) is 3.82. The predicted molar refractivity (Wildman–Crippen MR) is 585 cm³/mol. The normalized spacial score (nSPS) is 13.6. The van der Waals surface area contributed by atoms with Gasteiger partial charge in [0, 0.05) is 154 Å². The van der Waals surface area contributed by atoms with Gasteiger partial charge >= 0.3 is 0 Å². The van der Waals surface area contributed by atoms with E-state index >= 15 is 0 Å². The fourth-order valence-electron chi connectivity index (χ4n) is 12.3. The number of carbonyl (C=O) groups is 8. The van der Waals surface area contributed by atoms with Crippen LogP contribution in [0.15, 0.2) is 0 Å². The highest BCUT2D eigenvalue weighted by Crippen LogP contribution is 2.20. The van der Waals surface area contributed by atoms with Gasteiger partial charge in [-0.3, -0.25) is 38.4 Å². The molecule has 0 rings (SSSR count). The Labute approximate surface area is 883 Å². The van der Waals surface area contributed by atoms with Gasteiger partial charge in [0.1, 0.15) is 60.6 Å². The van der Waals surface area contributed by atoms with E-state index in [4.69, 9.17) is 52.8 Å². The van der Waals surface area contributed by atoms with Gasteiger partial charge in [-0.25, -0.2) is 0 Å². The number of hydrogen-bond donors (Lipinski definition) is 16. The Morgan fingerprint density at radius 3 is 1.07 bits per heavy atom. The zero-order chi connectivity index (χ0) is 113. The number of carbonyl (C=O) groups excluding carboxylic acids is 8. The molecule has 0 heterocycles. The molecular weight excluding hydrogens is 1860 g/mol. The van der Waals surface area contributed by atoms with Crippen LogP contribution in [0.3, 0.4) is 0 Å². The van der Waals surface area contributed by atoms with Gasteiger partial charge in [0.2, 0.25) is 23.6 Å². The van der Waals surface area contributed by atoms with Crippen LogP contribution in [0.25, 0.3) is 0 Å². The number of ketones is 4. The zero-order valence-electron chi connectivity index (χ0n) is 98.0. The average Bonchev–Trinajstić information content (AvgIpc) is 0.900. The van der Waals surface area contributed by atoms with Crippen LogP contribution in [0.2, 0.25) is 0 Å². The van der Waals surface area contributed by atoms with Crippen molar-refractivity contribution in [3.63, 3.8) is 0 Å². The van der Waals surface area contributed by atoms with Gasteiger partial charge in [-0.05, 0) is 231 Å². The second kappa shape index (κ2) is 107. The molecule has 0 radical (unpaired) electrons. The second-order valence-corrected chi connectivity index (χ2v) is 43.9. The van der Waals surface area contributed by atoms with Gasteiger partial charge in [0.25, 0.3) is 0 Å². The summed E-state index contributed by atoms with van der Waals surface area (Å²) in [7, 11) is 0. The number of rotatable bonds is 83. The van der Waals surface area contributed by atoms with E-state index in [-0.39, 0.29) is 129 Å². The number of nitrogens with one attached hydrogen (secondary N) is 6. The lowest BCUT2D eigenvalue weighted by Gasteiger charge is -2.25. The van der Waals surface area contributed by atoms with E-state index in [0.717, 1.165) is 121 Å². The lowest BCUT2D eigenvalue weighted by molar-refractivity contribution is -0.131. The van der Waals surface area contributed by atoms with Crippen LogP contribution in [-0.2, 0) is 81.0 Å². The van der Waals surface area contributed by atoms with Gasteiger partial charge in [-0.2, -0.15) is 0 Å². The molecule has 0 bridgehead atoms. The molecule has 0 aliphatic carbocycles. The minimum atomic E-state index is -1.80. The number of Topliss-reactive ketones (excluding diaryl/α,β-unsaturated/α-hetero) is 4. The zero-order valence-corrected chi connectivity index (χ0v) is 98.0. The molecule has 0 fully saturated rings. The van der Waals surface area contributed by atoms with Crippen LogP contribution in [-0.4, -0.2) is 329 Å². The first kappa shape index (κ1) is 156. The predicted octanol–water partition coefficient (Wildman–Crippen LogP) is 14.3. The van der Waals surface area contributed by atoms with E-state index in [9.17, 15) is 79.2 Å². The Balaban J connectivity index is -0.000000259. The summed E-state index contributed by atoms with van der Waals surface area (Å²) < 4.78 is 48.6. The third-order valence-corrected chi connectivity index (χ3v) is 21.3. The van der Waals surface area contributed by atoms with Gasteiger partial charge in [0.05, 0.1) is 83.4 Å². The lowest BCUT2D eigenvalue weighted by Crippen LogP contribution is -2.49. The van der Waals surface area contributed by atoms with E-state index in [1.54, 1.807) is 13.8 Å². The highest BCUT2D eigenvalue weighted by Gasteiger charge is 2.33. The molecule has 0 saturated carbocycles. The number of aliphatic hydroxyl groups is 10. The van der Waals surface area contributed by atoms with E-state index in [2.05, 4.69) is 170 Å². The van der Waals surface area contributed by atoms with Crippen LogP contribution in [0, 0.1) is 76.9 Å². The molecule has 33 nitrogen and oxygen atoms in total. The van der Waals surface area contributed by atoms with Crippen molar-refractivity contribution in [1.82, 2.24) is 31.9 Å². The SMILES string of the molecule is CC(C)CC(CCC(=O)NCC(O)C(O)C(O)C(O)CO)C(=O)NCCOCCOC(C)C.CC(C)CCCOCC(C)C.CC(C)CCCOCCCC(C)C.CC(C)CCNC(C)C.CC(C)CCNCCCC(=O)COC(C)C.CC(C)CCOCC(C)C.CC(C)CCOCCCC(=O)CCC(=O)C(C)C.CC(C)NC(=O)C(CCC(=O)NCC(O)C(O)C(O)C(O)CO)CC(=O)CCOCCOC(C)C. The Morgan fingerprint density at radius 1 is 0.276 bits per heavy atom. The van der Waals surface area contributed by atoms with Gasteiger partial charge in [-0.1, -0.05) is 166 Å². The maximum absolute atomic E-state index is 12.5. The minimum Gasteiger partial charge on any atom is -0.394 e. The Morgan fingerprint density at radius 2 is 0.662 bits per heavy atom. The summed E-state index contributed by atoms with van der Waals surface area (Å²) >= 11 is 0. The highest BCUT2D eigenvalue weighted by molar-refractivity contribution is 5.88. The fraction of sp³-hybridized carbons (Fsp3) is 0.929. The minimum absolute atomic E-state index is 0.0390. The topological polar surface area (TPSA) is 494 Å². The molecule has 0 aromatic heterocycles. The maximum atomic E-state index is 12.5. The van der Waals surface area contributed by atoms with Crippen LogP contribution in [0.1, 0.15) is 369 Å². The van der Waals surface area contributed by atoms with Crippen LogP contribution in [0.4, 0.5) is 0 Å². The number of hydrogen-bond acceptors (Lipinski definition) is 29. The summed E-state index contributed by atoms with van der Waals surface area (Å²) in [5, 5.41) is 112. The Kier molecular flexibility index (Phi) is 115. The quantitative estimate of drug-likeness (QED) is 0.0251. The van der Waals surface area contributed by atoms with Crippen LogP contribution in [0.5, 0.6) is 0 Å². The molecule has 870 valence electrons. The van der Waals surface area contributed by atoms with Crippen molar-refractivity contribution >= 4 is 46.8 Å². The Hall–Kier alpha value is -4.28. The van der Waals surface area contributed by atoms with E-state index in [1.165, 1.54) is 57.8 Å². The fourth-order valence-corrected chi connectivity index (χ4v) is 12.3. The van der Waals surface area contributed by atoms with Crippen LogP contribution < -0.4 is 31.9 Å². The van der Waals surface area contributed by atoms with E-state index < -0.39 is 86.3 Å². The lowest BCUT2D eigenvalue weighted by atomic mass is 9.92. The summed E-state index contributed by atoms with van der Waals surface area (Å²) in [6.45, 7) is 77.9. The largest absolute Gasteiger partial charge is 0.394 e. The molecule has 0 aromatic rings. The van der Waals surface area contributed by atoms with Crippen molar-refractivity contribution in [2.45, 2.75) is 448 Å². The average molecular weight is 2090 g/mol. The highest BCUT2D eigenvalue weighted by atomic mass is 16.5. The number of aliphatic hydroxyl groups excluding tert-OH is 10. The van der Waals surface area contributed by atoms with Crippen molar-refractivity contribution in [2.75, 3.05) is 152 Å². The number of amides is 4. The third-order valence-electron chi connectivity index (χ3n) is 21.3. The first-order valence-corrected chi connectivity index (χ1v) is 55.4. The van der Waals surface area contributed by atoms with E-state index in [1.807, 2.05) is 69.2 Å². The molecule has 0 spiro atoms. The summed E-state index contributed by atoms with van der Waals surface area (Å²) in [6, 6.07) is 0.499. The van der Waals surface area contributed by atoms with Crippen molar-refractivity contribution in [3.8, 4) is 0 Å². The molecule has 10 unspecified atom stereocenters. The summed E-state index contributed by atoms with van der Waals surface area (Å²) in [4.78, 5) is 95.9. The van der Waals surface area contributed by atoms with Crippen molar-refractivity contribution in [2.24, 2.45) is 76.9 Å². The van der Waals surface area contributed by atoms with E-state index in [0.29, 0.717) is 109 Å². The molecule has 10 atom stereocenters. The molecule has 0 aromatic carbocycles. The van der Waals surface area contributed by atoms with Crippen molar-refractivity contribution < 1.29 is 132 Å². The van der Waals surface area contributed by atoms with Crippen LogP contribution >= 0.6 is 0 Å². The van der Waals surface area contributed by atoms with Gasteiger partial charge in [-0.15, -0.1) is 0 Å².